The van der Waals surface area contributed by atoms with Gasteiger partial charge in [0.25, 0.3) is 5.91 Å². The van der Waals surface area contributed by atoms with Crippen molar-refractivity contribution in [3.63, 3.8) is 0 Å². The van der Waals surface area contributed by atoms with Gasteiger partial charge in [-0.2, -0.15) is 0 Å². The lowest BCUT2D eigenvalue weighted by Crippen LogP contribution is -2.64. The molecule has 14 heteroatoms. The largest absolute Gasteiger partial charge is 0.347 e. The number of unbranched alkanes of at least 4 members (excludes halogenated alkanes) is 1. The van der Waals surface area contributed by atoms with Crippen LogP contribution < -0.4 is 21.3 Å². The van der Waals surface area contributed by atoms with Crippen molar-refractivity contribution >= 4 is 39.6 Å². The summed E-state index contributed by atoms with van der Waals surface area (Å²) in [6.45, 7) is 12.0. The van der Waals surface area contributed by atoms with Gasteiger partial charge in [0.05, 0.1) is 17.3 Å². The maximum absolute atomic E-state index is 14.5. The Bertz CT molecular complexity index is 1440. The summed E-state index contributed by atoms with van der Waals surface area (Å²) in [4.78, 5) is 69.8. The second-order valence-corrected chi connectivity index (χ2v) is 19.5. The minimum absolute atomic E-state index is 0.00504. The van der Waals surface area contributed by atoms with Crippen molar-refractivity contribution in [1.29, 1.82) is 0 Å². The molecule has 1 aliphatic heterocycles. The standard InChI is InChI=1S/C36H60N6O7S/c1-8-9-13-25(28(43)31(45)37-22-14-15-22)38-30(44)27-26-24(35(26,5)6)20-42(27)32(46)29(34(2,3)4)39-33(47)40-36(18-11-10-12-19-36)21-50(48,49)41(7)23-16-17-23/h22-27,29H,8-21H2,1-7H3,(H,37,45)(H,38,44)(H2,39,40,47)/t24-,25-,26-,27-,29+/m0/s1. The van der Waals surface area contributed by atoms with Gasteiger partial charge < -0.3 is 26.2 Å². The van der Waals surface area contributed by atoms with E-state index in [0.717, 1.165) is 51.4 Å². The summed E-state index contributed by atoms with van der Waals surface area (Å²) < 4.78 is 28.2. The van der Waals surface area contributed by atoms with E-state index >= 15 is 0 Å². The lowest BCUT2D eigenvalue weighted by molar-refractivity contribution is -0.145. The summed E-state index contributed by atoms with van der Waals surface area (Å²) in [5, 5.41) is 11.5. The number of ketones is 1. The van der Waals surface area contributed by atoms with E-state index in [9.17, 15) is 32.4 Å². The van der Waals surface area contributed by atoms with E-state index in [0.29, 0.717) is 32.2 Å². The SMILES string of the molecule is CCCC[C@H](NC(=O)[C@@H]1[C@@H]2[C@H](CN1C(=O)[C@@H](NC(=O)NC1(CS(=O)(=O)N(C)C3CC3)CCCCC1)C(C)(C)C)C2(C)C)C(=O)C(=O)NC1CC1. The number of carbonyl (C=O) groups excluding carboxylic acids is 5. The summed E-state index contributed by atoms with van der Waals surface area (Å²) in [6, 6.07) is -3.48. The van der Waals surface area contributed by atoms with Gasteiger partial charge in [0.2, 0.25) is 27.6 Å². The molecule has 4 aliphatic carbocycles. The molecule has 282 valence electrons. The molecule has 13 nitrogen and oxygen atoms in total. The number of carbonyl (C=O) groups is 5. The quantitative estimate of drug-likeness (QED) is 0.188. The Morgan fingerprint density at radius 3 is 2.16 bits per heavy atom. The van der Waals surface area contributed by atoms with Crippen LogP contribution in [0.5, 0.6) is 0 Å². The molecule has 0 spiro atoms. The Kier molecular flexibility index (Phi) is 11.0. The number of hydrogen-bond acceptors (Lipinski definition) is 7. The first-order chi connectivity index (χ1) is 23.3. The zero-order valence-electron chi connectivity index (χ0n) is 31.1. The molecular weight excluding hydrogens is 660 g/mol. The second kappa shape index (κ2) is 14.4. The minimum Gasteiger partial charge on any atom is -0.347 e. The molecule has 1 saturated heterocycles. The van der Waals surface area contributed by atoms with E-state index in [-0.39, 0.29) is 35.1 Å². The number of urea groups is 1. The molecule has 5 amide bonds. The summed E-state index contributed by atoms with van der Waals surface area (Å²) in [6.07, 6.45) is 8.67. The normalized spacial score (nSPS) is 26.7. The van der Waals surface area contributed by atoms with Crippen molar-refractivity contribution in [2.45, 2.75) is 154 Å². The van der Waals surface area contributed by atoms with Crippen LogP contribution in [0.1, 0.15) is 119 Å². The molecule has 5 atom stereocenters. The zero-order valence-corrected chi connectivity index (χ0v) is 31.9. The van der Waals surface area contributed by atoms with Crippen LogP contribution in [0.25, 0.3) is 0 Å². The van der Waals surface area contributed by atoms with E-state index in [1.54, 1.807) is 11.9 Å². The highest BCUT2D eigenvalue weighted by atomic mass is 32.2. The smallest absolute Gasteiger partial charge is 0.315 e. The van der Waals surface area contributed by atoms with Gasteiger partial charge in [0, 0.05) is 25.7 Å². The zero-order chi connectivity index (χ0) is 36.8. The van der Waals surface area contributed by atoms with E-state index in [4.69, 9.17) is 0 Å². The maximum Gasteiger partial charge on any atom is 0.315 e. The van der Waals surface area contributed by atoms with Crippen molar-refractivity contribution in [2.24, 2.45) is 22.7 Å². The summed E-state index contributed by atoms with van der Waals surface area (Å²) >= 11 is 0. The Morgan fingerprint density at radius 2 is 1.60 bits per heavy atom. The van der Waals surface area contributed by atoms with Gasteiger partial charge in [0.1, 0.15) is 12.1 Å². The summed E-state index contributed by atoms with van der Waals surface area (Å²) in [5.41, 5.74) is -1.90. The molecule has 4 N–H and O–H groups in total. The van der Waals surface area contributed by atoms with Crippen LogP contribution in [-0.2, 0) is 29.2 Å². The number of Topliss-reactive ketones (excluding diaryl/α,β-unsaturated/α-hetero) is 1. The highest BCUT2D eigenvalue weighted by molar-refractivity contribution is 7.89. The molecule has 0 aromatic heterocycles. The third kappa shape index (κ3) is 8.48. The van der Waals surface area contributed by atoms with Gasteiger partial charge in [-0.25, -0.2) is 17.5 Å². The Morgan fingerprint density at radius 1 is 0.960 bits per heavy atom. The Hall–Kier alpha value is -2.74. The molecule has 5 fully saturated rings. The van der Waals surface area contributed by atoms with E-state index in [1.807, 2.05) is 27.7 Å². The predicted molar refractivity (Wildman–Crippen MR) is 189 cm³/mol. The van der Waals surface area contributed by atoms with Crippen molar-refractivity contribution in [2.75, 3.05) is 19.3 Å². The van der Waals surface area contributed by atoms with Crippen LogP contribution in [0, 0.1) is 22.7 Å². The molecule has 0 bridgehead atoms. The van der Waals surface area contributed by atoms with Crippen LogP contribution in [0.15, 0.2) is 0 Å². The number of likely N-dealkylation sites (tertiary alicyclic amines) is 1. The summed E-state index contributed by atoms with van der Waals surface area (Å²) in [5.74, 6) is -2.50. The molecule has 0 aromatic carbocycles. The topological polar surface area (TPSA) is 174 Å². The molecular formula is C36H60N6O7S. The van der Waals surface area contributed by atoms with Crippen molar-refractivity contribution in [3.8, 4) is 0 Å². The van der Waals surface area contributed by atoms with E-state index < -0.39 is 68.6 Å². The lowest BCUT2D eigenvalue weighted by atomic mass is 9.83. The average Bonchev–Trinajstić information content (AvgIpc) is 3.98. The second-order valence-electron chi connectivity index (χ2n) is 17.4. The molecule has 0 radical (unpaired) electrons. The van der Waals surface area contributed by atoms with Crippen LogP contribution in [0.3, 0.4) is 0 Å². The predicted octanol–water partition coefficient (Wildman–Crippen LogP) is 2.83. The van der Waals surface area contributed by atoms with Gasteiger partial charge in [-0.15, -0.1) is 0 Å². The van der Waals surface area contributed by atoms with Gasteiger partial charge in [-0.1, -0.05) is 73.6 Å². The van der Waals surface area contributed by atoms with Crippen LogP contribution in [0.4, 0.5) is 4.79 Å². The number of sulfonamides is 1. The van der Waals surface area contributed by atoms with Crippen molar-refractivity contribution in [1.82, 2.24) is 30.5 Å². The number of fused-ring (bicyclic) bond motifs is 1. The fraction of sp³-hybridized carbons (Fsp3) is 0.861. The number of piperidine rings is 1. The van der Waals surface area contributed by atoms with Crippen LogP contribution >= 0.6 is 0 Å². The number of nitrogens with one attached hydrogen (secondary N) is 4. The Labute approximate surface area is 298 Å². The van der Waals surface area contributed by atoms with Gasteiger partial charge in [-0.3, -0.25) is 19.2 Å². The average molecular weight is 721 g/mol. The monoisotopic (exact) mass is 720 g/mol. The molecule has 4 saturated carbocycles. The molecule has 1 heterocycles. The molecule has 5 rings (SSSR count). The van der Waals surface area contributed by atoms with Crippen molar-refractivity contribution < 1.29 is 32.4 Å². The van der Waals surface area contributed by atoms with Gasteiger partial charge in [0.15, 0.2) is 0 Å². The first-order valence-electron chi connectivity index (χ1n) is 18.8. The number of hydrogen-bond donors (Lipinski definition) is 4. The molecule has 5 aliphatic rings. The minimum atomic E-state index is -3.62. The van der Waals surface area contributed by atoms with E-state index in [1.165, 1.54) is 4.31 Å². The highest BCUT2D eigenvalue weighted by Gasteiger charge is 2.70. The number of rotatable bonds is 15. The van der Waals surface area contributed by atoms with Crippen LogP contribution in [-0.4, -0.2) is 102 Å². The first-order valence-corrected chi connectivity index (χ1v) is 20.4. The van der Waals surface area contributed by atoms with Gasteiger partial charge in [-0.05, 0) is 67.6 Å². The first kappa shape index (κ1) is 38.5. The molecule has 0 unspecified atom stereocenters. The fourth-order valence-electron chi connectivity index (χ4n) is 8.26. The lowest BCUT2D eigenvalue weighted by Gasteiger charge is -2.41. The van der Waals surface area contributed by atoms with Crippen LogP contribution in [0.2, 0.25) is 0 Å². The Balaban J connectivity index is 1.32. The number of amides is 5. The highest BCUT2D eigenvalue weighted by Crippen LogP contribution is 2.65. The fourth-order valence-corrected chi connectivity index (χ4v) is 10.2. The maximum atomic E-state index is 14.5. The third-order valence-electron chi connectivity index (χ3n) is 11.9. The third-order valence-corrected chi connectivity index (χ3v) is 14.0. The molecule has 50 heavy (non-hydrogen) atoms. The number of nitrogens with zero attached hydrogens (tertiary/aromatic N) is 2. The van der Waals surface area contributed by atoms with E-state index in [2.05, 4.69) is 35.1 Å². The van der Waals surface area contributed by atoms with Gasteiger partial charge >= 0.3 is 6.03 Å². The summed E-state index contributed by atoms with van der Waals surface area (Å²) in [7, 11) is -2.02. The molecule has 0 aromatic rings. The van der Waals surface area contributed by atoms with Crippen molar-refractivity contribution in [3.05, 3.63) is 0 Å².